The monoisotopic (exact) mass is 570 g/mol. The van der Waals surface area contributed by atoms with Gasteiger partial charge in [-0.1, -0.05) is 12.0 Å². The lowest BCUT2D eigenvalue weighted by atomic mass is 9.94. The van der Waals surface area contributed by atoms with E-state index in [0.717, 1.165) is 45.3 Å². The molecule has 10 heteroatoms. The lowest BCUT2D eigenvalue weighted by Gasteiger charge is -2.34. The van der Waals surface area contributed by atoms with Crippen LogP contribution in [-0.2, 0) is 0 Å². The van der Waals surface area contributed by atoms with E-state index in [-0.39, 0.29) is 39.4 Å². The second-order valence-corrected chi connectivity index (χ2v) is 12.2. The van der Waals surface area contributed by atoms with E-state index in [9.17, 15) is 9.50 Å². The Bertz CT molecular complexity index is 1750. The summed E-state index contributed by atoms with van der Waals surface area (Å²) in [5.74, 6) is 1.55. The first-order chi connectivity index (χ1) is 20.2. The number of fused-ring (bicyclic) bond motifs is 4. The van der Waals surface area contributed by atoms with Gasteiger partial charge >= 0.3 is 6.01 Å². The molecule has 2 saturated heterocycles. The van der Waals surface area contributed by atoms with E-state index in [1.807, 2.05) is 14.1 Å². The number of anilines is 1. The predicted molar refractivity (Wildman–Crippen MR) is 158 cm³/mol. The van der Waals surface area contributed by atoms with E-state index in [2.05, 4.69) is 31.0 Å². The molecule has 2 N–H and O–H groups in total. The molecule has 8 nitrogen and oxygen atoms in total. The quantitative estimate of drug-likeness (QED) is 0.315. The first-order valence-corrected chi connectivity index (χ1v) is 14.3. The molecule has 216 valence electrons. The molecule has 4 heterocycles. The van der Waals surface area contributed by atoms with E-state index in [4.69, 9.17) is 16.1 Å². The van der Waals surface area contributed by atoms with Gasteiger partial charge in [0, 0.05) is 54.3 Å². The van der Waals surface area contributed by atoms with Crippen LogP contribution in [0.5, 0.6) is 11.8 Å². The fourth-order valence-electron chi connectivity index (χ4n) is 6.64. The Morgan fingerprint density at radius 2 is 1.88 bits per heavy atom. The number of aromatic nitrogens is 3. The molecule has 3 fully saturated rings. The van der Waals surface area contributed by atoms with Gasteiger partial charge in [0.1, 0.15) is 22.6 Å². The van der Waals surface area contributed by atoms with Crippen LogP contribution < -0.4 is 15.0 Å². The molecule has 2 aromatic carbocycles. The highest BCUT2D eigenvalue weighted by atomic mass is 19.1. The summed E-state index contributed by atoms with van der Waals surface area (Å²) >= 11 is 0. The van der Waals surface area contributed by atoms with Gasteiger partial charge in [0.2, 0.25) is 0 Å². The first-order valence-electron chi connectivity index (χ1n) is 14.3. The van der Waals surface area contributed by atoms with Crippen LogP contribution in [0, 0.1) is 29.4 Å². The SMILES string of the molecule is C#Cc1c(F)ccc2cc(O)cc(-c3cnc4c(N5CC6CCC(C5)N6)nc(OCC5(CN(C)C)CC5)nc4c3F)c12. The zero-order valence-electron chi connectivity index (χ0n) is 23.6. The molecule has 0 amide bonds. The number of phenols is 1. The number of piperazine rings is 1. The number of nitrogens with one attached hydrogen (secondary N) is 1. The molecule has 0 spiro atoms. The predicted octanol–water partition coefficient (Wildman–Crippen LogP) is 4.47. The number of rotatable bonds is 7. The molecule has 7 rings (SSSR count). The number of terminal acetylenes is 1. The third-order valence-electron chi connectivity index (χ3n) is 8.73. The molecule has 2 aliphatic heterocycles. The van der Waals surface area contributed by atoms with Gasteiger partial charge in [-0.2, -0.15) is 9.97 Å². The highest BCUT2D eigenvalue weighted by Crippen LogP contribution is 2.46. The molecular weight excluding hydrogens is 538 g/mol. The second-order valence-electron chi connectivity index (χ2n) is 12.2. The standard InChI is InChI=1S/C32H32F2N6O2/c1-4-22-25(33)8-5-18-11-21(41)12-23(26(18)22)24-13-35-29-28(27(24)34)37-31(42-17-32(9-10-32)16-39(2)3)38-30(29)40-14-19-6-7-20(15-40)36-19/h1,5,8,11-13,19-20,36,41H,6-7,9-10,14-17H2,2-3H3. The van der Waals surface area contributed by atoms with Gasteiger partial charge in [-0.25, -0.2) is 13.8 Å². The highest BCUT2D eigenvalue weighted by Gasteiger charge is 2.44. The number of nitrogens with zero attached hydrogens (tertiary/aromatic N) is 5. The molecule has 0 radical (unpaired) electrons. The summed E-state index contributed by atoms with van der Waals surface area (Å²) in [7, 11) is 4.07. The lowest BCUT2D eigenvalue weighted by molar-refractivity contribution is 0.183. The fourth-order valence-corrected chi connectivity index (χ4v) is 6.64. The van der Waals surface area contributed by atoms with Crippen LogP contribution in [0.2, 0.25) is 0 Å². The van der Waals surface area contributed by atoms with E-state index in [0.29, 0.717) is 40.8 Å². The summed E-state index contributed by atoms with van der Waals surface area (Å²) in [4.78, 5) is 18.3. The number of pyridine rings is 1. The number of phenolic OH excluding ortho intramolecular Hbond substituents is 1. The molecule has 1 aliphatic carbocycles. The maximum Gasteiger partial charge on any atom is 0.319 e. The zero-order valence-corrected chi connectivity index (χ0v) is 23.6. The van der Waals surface area contributed by atoms with Crippen molar-refractivity contribution in [2.75, 3.05) is 45.2 Å². The Balaban J connectivity index is 1.38. The van der Waals surface area contributed by atoms with Crippen LogP contribution in [0.15, 0.2) is 30.5 Å². The molecule has 2 aromatic heterocycles. The minimum atomic E-state index is -0.667. The zero-order chi connectivity index (χ0) is 29.2. The van der Waals surface area contributed by atoms with Crippen LogP contribution >= 0.6 is 0 Å². The number of halogens is 2. The van der Waals surface area contributed by atoms with Crippen molar-refractivity contribution >= 4 is 27.6 Å². The first kappa shape index (κ1) is 26.8. The lowest BCUT2D eigenvalue weighted by Crippen LogP contribution is -2.51. The largest absolute Gasteiger partial charge is 0.508 e. The van der Waals surface area contributed by atoms with E-state index in [1.54, 1.807) is 0 Å². The molecule has 42 heavy (non-hydrogen) atoms. The van der Waals surface area contributed by atoms with Crippen molar-refractivity contribution in [1.82, 2.24) is 25.2 Å². The third kappa shape index (κ3) is 4.67. The Morgan fingerprint density at radius 1 is 1.12 bits per heavy atom. The minimum absolute atomic E-state index is 0.00555. The minimum Gasteiger partial charge on any atom is -0.508 e. The van der Waals surface area contributed by atoms with Crippen molar-refractivity contribution in [2.24, 2.45) is 5.41 Å². The van der Waals surface area contributed by atoms with Crippen LogP contribution in [0.1, 0.15) is 31.2 Å². The van der Waals surface area contributed by atoms with Gasteiger partial charge in [-0.15, -0.1) is 6.42 Å². The smallest absolute Gasteiger partial charge is 0.319 e. The van der Waals surface area contributed by atoms with Crippen LogP contribution in [0.25, 0.3) is 32.9 Å². The van der Waals surface area contributed by atoms with Gasteiger partial charge in [0.15, 0.2) is 11.6 Å². The molecule has 4 aromatic rings. The number of benzene rings is 2. The van der Waals surface area contributed by atoms with Crippen LogP contribution in [0.3, 0.4) is 0 Å². The van der Waals surface area contributed by atoms with Crippen molar-refractivity contribution in [3.05, 3.63) is 47.7 Å². The summed E-state index contributed by atoms with van der Waals surface area (Å²) in [5.41, 5.74) is 0.632. The summed E-state index contributed by atoms with van der Waals surface area (Å²) in [6, 6.07) is 6.34. The van der Waals surface area contributed by atoms with Crippen LogP contribution in [-0.4, -0.2) is 77.4 Å². The number of aromatic hydroxyl groups is 1. The van der Waals surface area contributed by atoms with Gasteiger partial charge < -0.3 is 25.0 Å². The maximum atomic E-state index is 16.7. The fraction of sp³-hybridized carbons (Fsp3) is 0.406. The summed E-state index contributed by atoms with van der Waals surface area (Å²) in [6.45, 7) is 2.76. The van der Waals surface area contributed by atoms with Gasteiger partial charge in [-0.05, 0) is 68.9 Å². The average molecular weight is 571 g/mol. The van der Waals surface area contributed by atoms with E-state index >= 15 is 4.39 Å². The molecule has 2 atom stereocenters. The maximum absolute atomic E-state index is 16.7. The highest BCUT2D eigenvalue weighted by molar-refractivity contribution is 6.03. The average Bonchev–Trinajstić information content (AvgIpc) is 3.64. The summed E-state index contributed by atoms with van der Waals surface area (Å²) in [5, 5.41) is 14.9. The van der Waals surface area contributed by atoms with Crippen molar-refractivity contribution in [3.8, 4) is 35.2 Å². The Morgan fingerprint density at radius 3 is 2.57 bits per heavy atom. The number of ether oxygens (including phenoxy) is 1. The van der Waals surface area contributed by atoms with Crippen molar-refractivity contribution in [1.29, 1.82) is 0 Å². The summed E-state index contributed by atoms with van der Waals surface area (Å²) < 4.78 is 37.6. The summed E-state index contributed by atoms with van der Waals surface area (Å²) in [6.07, 6.45) is 11.3. The molecule has 2 bridgehead atoms. The Kier molecular flexibility index (Phi) is 6.40. The molecular formula is C32H32F2N6O2. The van der Waals surface area contributed by atoms with Crippen molar-refractivity contribution in [3.63, 3.8) is 0 Å². The Hall–Kier alpha value is -4.07. The van der Waals surface area contributed by atoms with Crippen molar-refractivity contribution < 1.29 is 18.6 Å². The van der Waals surface area contributed by atoms with Gasteiger partial charge in [0.25, 0.3) is 0 Å². The number of hydrogen-bond donors (Lipinski definition) is 2. The van der Waals surface area contributed by atoms with Gasteiger partial charge in [0.05, 0.1) is 12.2 Å². The molecule has 3 aliphatic rings. The molecule has 2 unspecified atom stereocenters. The van der Waals surface area contributed by atoms with Gasteiger partial charge in [-0.3, -0.25) is 0 Å². The normalized spacial score (nSPS) is 20.8. The molecule has 1 saturated carbocycles. The van der Waals surface area contributed by atoms with E-state index in [1.165, 1.54) is 30.5 Å². The topological polar surface area (TPSA) is 86.6 Å². The van der Waals surface area contributed by atoms with Crippen molar-refractivity contribution in [2.45, 2.75) is 37.8 Å². The Labute approximate surface area is 242 Å². The third-order valence-corrected chi connectivity index (χ3v) is 8.73. The second kappa shape index (κ2) is 10.0. The van der Waals surface area contributed by atoms with Crippen LogP contribution in [0.4, 0.5) is 14.6 Å². The number of hydrogen-bond acceptors (Lipinski definition) is 8. The van der Waals surface area contributed by atoms with E-state index < -0.39 is 11.6 Å².